The maximum atomic E-state index is 12.5. The Hall–Kier alpha value is -3.72. The van der Waals surface area contributed by atoms with Gasteiger partial charge < -0.3 is 14.8 Å². The number of ether oxygens (including phenoxy) is 2. The maximum absolute atomic E-state index is 12.5. The van der Waals surface area contributed by atoms with Crippen molar-refractivity contribution < 1.29 is 14.3 Å². The zero-order valence-electron chi connectivity index (χ0n) is 18.4. The van der Waals surface area contributed by atoms with Crippen LogP contribution in [0.2, 0.25) is 0 Å². The molecule has 0 aliphatic rings. The molecule has 4 aromatic rings. The molecule has 0 saturated heterocycles. The van der Waals surface area contributed by atoms with Crippen LogP contribution in [-0.4, -0.2) is 27.6 Å². The fraction of sp³-hybridized carbons (Fsp3) is 0.250. The van der Waals surface area contributed by atoms with Gasteiger partial charge in [-0.05, 0) is 42.8 Å². The first-order chi connectivity index (χ1) is 16.1. The van der Waals surface area contributed by atoms with E-state index in [9.17, 15) is 9.59 Å². The number of hydrogen-bond acceptors (Lipinski definition) is 7. The Bertz CT molecular complexity index is 1310. The predicted octanol–water partition coefficient (Wildman–Crippen LogP) is 4.33. The fourth-order valence-corrected chi connectivity index (χ4v) is 4.13. The molecule has 4 rings (SSSR count). The first-order valence-corrected chi connectivity index (χ1v) is 11.4. The van der Waals surface area contributed by atoms with Gasteiger partial charge in [-0.2, -0.15) is 9.61 Å². The van der Waals surface area contributed by atoms with E-state index in [0.717, 1.165) is 24.3 Å². The number of amides is 1. The zero-order chi connectivity index (χ0) is 23.2. The van der Waals surface area contributed by atoms with E-state index in [0.29, 0.717) is 33.4 Å². The molecule has 0 aliphatic heterocycles. The van der Waals surface area contributed by atoms with Gasteiger partial charge in [-0.3, -0.25) is 9.59 Å². The standard InChI is InChI=1S/C24H24N4O4S/c1-3-4-8-21-27-28-22(29)14-18(26-24(28)33-21)15-32-20-7-5-6-17(13-20)25-23(30)16-9-11-19(31-2)12-10-16/h5-7,9-14H,3-4,8,15H2,1-2H3,(H,25,30). The highest BCUT2D eigenvalue weighted by Crippen LogP contribution is 2.20. The van der Waals surface area contributed by atoms with Crippen LogP contribution in [0, 0.1) is 0 Å². The van der Waals surface area contributed by atoms with E-state index in [1.54, 1.807) is 55.6 Å². The summed E-state index contributed by atoms with van der Waals surface area (Å²) in [6.07, 6.45) is 2.93. The lowest BCUT2D eigenvalue weighted by atomic mass is 10.2. The van der Waals surface area contributed by atoms with Crippen molar-refractivity contribution in [3.05, 3.63) is 81.2 Å². The molecule has 0 spiro atoms. The molecular weight excluding hydrogens is 440 g/mol. The van der Waals surface area contributed by atoms with Crippen molar-refractivity contribution in [3.8, 4) is 11.5 Å². The Balaban J connectivity index is 1.42. The number of nitrogens with zero attached hydrogens (tertiary/aromatic N) is 3. The number of anilines is 1. The number of carbonyl (C=O) groups excluding carboxylic acids is 1. The molecule has 2 aromatic heterocycles. The Morgan fingerprint density at radius 2 is 1.94 bits per heavy atom. The van der Waals surface area contributed by atoms with E-state index in [4.69, 9.17) is 9.47 Å². The van der Waals surface area contributed by atoms with Crippen LogP contribution in [0.15, 0.2) is 59.4 Å². The van der Waals surface area contributed by atoms with Crippen molar-refractivity contribution >= 4 is 27.9 Å². The largest absolute Gasteiger partial charge is 0.497 e. The predicted molar refractivity (Wildman–Crippen MR) is 127 cm³/mol. The smallest absolute Gasteiger partial charge is 0.275 e. The third kappa shape index (κ3) is 5.56. The molecule has 2 aromatic carbocycles. The maximum Gasteiger partial charge on any atom is 0.275 e. The van der Waals surface area contributed by atoms with Crippen LogP contribution in [0.1, 0.15) is 40.8 Å². The number of nitrogens with one attached hydrogen (secondary N) is 1. The van der Waals surface area contributed by atoms with Crippen molar-refractivity contribution in [2.24, 2.45) is 0 Å². The Morgan fingerprint density at radius 3 is 2.70 bits per heavy atom. The lowest BCUT2D eigenvalue weighted by Gasteiger charge is -2.09. The second-order valence-electron chi connectivity index (χ2n) is 7.38. The Kier molecular flexibility index (Phi) is 6.99. The average Bonchev–Trinajstić information content (AvgIpc) is 3.25. The molecule has 0 saturated carbocycles. The number of fused-ring (bicyclic) bond motifs is 1. The number of benzene rings is 2. The van der Waals surface area contributed by atoms with Gasteiger partial charge in [0.05, 0.1) is 12.8 Å². The quantitative estimate of drug-likeness (QED) is 0.396. The third-order valence-corrected chi connectivity index (χ3v) is 5.88. The van der Waals surface area contributed by atoms with E-state index >= 15 is 0 Å². The van der Waals surface area contributed by atoms with Gasteiger partial charge in [0.1, 0.15) is 23.1 Å². The highest BCUT2D eigenvalue weighted by molar-refractivity contribution is 7.16. The number of aromatic nitrogens is 3. The Morgan fingerprint density at radius 1 is 1.12 bits per heavy atom. The molecule has 1 amide bonds. The van der Waals surface area contributed by atoms with Gasteiger partial charge in [0.15, 0.2) is 0 Å². The van der Waals surface area contributed by atoms with Gasteiger partial charge in [-0.1, -0.05) is 30.7 Å². The summed E-state index contributed by atoms with van der Waals surface area (Å²) in [5.41, 5.74) is 1.42. The van der Waals surface area contributed by atoms with Gasteiger partial charge >= 0.3 is 0 Å². The number of unbranched alkanes of at least 4 members (excludes halogenated alkanes) is 1. The van der Waals surface area contributed by atoms with Gasteiger partial charge in [-0.25, -0.2) is 4.98 Å². The van der Waals surface area contributed by atoms with Crippen LogP contribution in [0.25, 0.3) is 4.96 Å². The van der Waals surface area contributed by atoms with Crippen LogP contribution < -0.4 is 20.3 Å². The zero-order valence-corrected chi connectivity index (χ0v) is 19.2. The summed E-state index contributed by atoms with van der Waals surface area (Å²) < 4.78 is 12.3. The third-order valence-electron chi connectivity index (χ3n) is 4.91. The molecule has 1 N–H and O–H groups in total. The molecule has 0 bridgehead atoms. The van der Waals surface area contributed by atoms with Crippen molar-refractivity contribution in [1.29, 1.82) is 0 Å². The minimum absolute atomic E-state index is 0.129. The highest BCUT2D eigenvalue weighted by Gasteiger charge is 2.10. The molecule has 0 aliphatic carbocycles. The van der Waals surface area contributed by atoms with Gasteiger partial charge in [0.2, 0.25) is 4.96 Å². The molecule has 9 heteroatoms. The van der Waals surface area contributed by atoms with E-state index in [2.05, 4.69) is 22.3 Å². The van der Waals surface area contributed by atoms with Crippen molar-refractivity contribution in [1.82, 2.24) is 14.6 Å². The minimum Gasteiger partial charge on any atom is -0.497 e. The van der Waals surface area contributed by atoms with E-state index in [1.165, 1.54) is 21.9 Å². The summed E-state index contributed by atoms with van der Waals surface area (Å²) in [6.45, 7) is 2.25. The number of aryl methyl sites for hydroxylation is 1. The van der Waals surface area contributed by atoms with Crippen LogP contribution in [0.3, 0.4) is 0 Å². The van der Waals surface area contributed by atoms with Crippen LogP contribution in [-0.2, 0) is 13.0 Å². The molecule has 2 heterocycles. The first-order valence-electron chi connectivity index (χ1n) is 10.6. The average molecular weight is 465 g/mol. The molecule has 0 fully saturated rings. The van der Waals surface area contributed by atoms with E-state index in [-0.39, 0.29) is 18.1 Å². The molecular formula is C24H24N4O4S. The van der Waals surface area contributed by atoms with Crippen LogP contribution in [0.4, 0.5) is 5.69 Å². The second kappa shape index (κ2) is 10.3. The van der Waals surface area contributed by atoms with Crippen LogP contribution >= 0.6 is 11.3 Å². The summed E-state index contributed by atoms with van der Waals surface area (Å²) >= 11 is 1.43. The van der Waals surface area contributed by atoms with Crippen molar-refractivity contribution in [2.45, 2.75) is 32.8 Å². The van der Waals surface area contributed by atoms with Crippen molar-refractivity contribution in [2.75, 3.05) is 12.4 Å². The summed E-state index contributed by atoms with van der Waals surface area (Å²) in [6, 6.07) is 15.4. The lowest BCUT2D eigenvalue weighted by Crippen LogP contribution is -2.16. The fourth-order valence-electron chi connectivity index (χ4n) is 3.17. The number of rotatable bonds is 9. The number of hydrogen-bond donors (Lipinski definition) is 1. The number of carbonyl (C=O) groups is 1. The number of methoxy groups -OCH3 is 1. The van der Waals surface area contributed by atoms with E-state index < -0.39 is 0 Å². The lowest BCUT2D eigenvalue weighted by molar-refractivity contribution is 0.102. The monoisotopic (exact) mass is 464 g/mol. The summed E-state index contributed by atoms with van der Waals surface area (Å²) in [5.74, 6) is 1.00. The molecule has 33 heavy (non-hydrogen) atoms. The van der Waals surface area contributed by atoms with Gasteiger partial charge in [-0.15, -0.1) is 0 Å². The highest BCUT2D eigenvalue weighted by atomic mass is 32.1. The van der Waals surface area contributed by atoms with Crippen molar-refractivity contribution in [3.63, 3.8) is 0 Å². The van der Waals surface area contributed by atoms with E-state index in [1.807, 2.05) is 0 Å². The van der Waals surface area contributed by atoms with Gasteiger partial charge in [0, 0.05) is 29.8 Å². The Labute approximate surface area is 194 Å². The summed E-state index contributed by atoms with van der Waals surface area (Å²) in [4.78, 5) is 30.0. The molecule has 0 atom stereocenters. The van der Waals surface area contributed by atoms with Crippen LogP contribution in [0.5, 0.6) is 11.5 Å². The normalized spacial score (nSPS) is 10.8. The second-order valence-corrected chi connectivity index (χ2v) is 8.42. The van der Waals surface area contributed by atoms with Gasteiger partial charge in [0.25, 0.3) is 11.5 Å². The molecule has 0 radical (unpaired) electrons. The molecule has 170 valence electrons. The molecule has 0 unspecified atom stereocenters. The minimum atomic E-state index is -0.237. The topological polar surface area (TPSA) is 94.8 Å². The molecule has 8 nitrogen and oxygen atoms in total. The summed E-state index contributed by atoms with van der Waals surface area (Å²) in [5, 5.41) is 8.11. The SMILES string of the molecule is CCCCc1nn2c(=O)cc(COc3cccc(NC(=O)c4ccc(OC)cc4)c3)nc2s1. The summed E-state index contributed by atoms with van der Waals surface area (Å²) in [7, 11) is 1.58. The first kappa shape index (κ1) is 22.5.